The van der Waals surface area contributed by atoms with E-state index in [0.29, 0.717) is 6.54 Å². The van der Waals surface area contributed by atoms with Crippen molar-refractivity contribution >= 4 is 10.9 Å². The smallest absolute Gasteiger partial charge is 0.201 e. The Morgan fingerprint density at radius 1 is 1.62 bits per heavy atom. The van der Waals surface area contributed by atoms with E-state index in [0.717, 1.165) is 0 Å². The van der Waals surface area contributed by atoms with Crippen LogP contribution in [-0.2, 0) is 10.9 Å². The Bertz CT molecular complexity index is 112. The molecule has 0 saturated carbocycles. The van der Waals surface area contributed by atoms with Gasteiger partial charge in [-0.1, -0.05) is 6.08 Å². The fraction of sp³-hybridized carbons (Fsp3) is 0.333. The van der Waals surface area contributed by atoms with Gasteiger partial charge in [0.15, 0.2) is 0 Å². The third kappa shape index (κ3) is 9.15. The quantitative estimate of drug-likeness (QED) is 0.361. The highest BCUT2D eigenvalue weighted by molar-refractivity contribution is 7.70. The Labute approximate surface area is 50.3 Å². The van der Waals surface area contributed by atoms with E-state index in [1.807, 2.05) is 0 Å². The molecule has 0 amide bonds. The van der Waals surface area contributed by atoms with Crippen LogP contribution in [-0.4, -0.2) is 15.0 Å². The Balaban J connectivity index is 0. The summed E-state index contributed by atoms with van der Waals surface area (Å²) in [6.07, 6.45) is 1.48. The van der Waals surface area contributed by atoms with Gasteiger partial charge in [0.2, 0.25) is 10.9 Å². The van der Waals surface area contributed by atoms with Gasteiger partial charge in [-0.25, -0.2) is 13.1 Å². The van der Waals surface area contributed by atoms with Crippen molar-refractivity contribution in [1.29, 1.82) is 0 Å². The molecule has 4 nitrogen and oxygen atoms in total. The van der Waals surface area contributed by atoms with Gasteiger partial charge in [0.1, 0.15) is 0 Å². The van der Waals surface area contributed by atoms with Gasteiger partial charge in [-0.2, -0.15) is 0 Å². The molecule has 0 aromatic rings. The molecule has 8 heavy (non-hydrogen) atoms. The molecule has 5 heteroatoms. The van der Waals surface area contributed by atoms with Crippen molar-refractivity contribution in [2.45, 2.75) is 0 Å². The van der Waals surface area contributed by atoms with Gasteiger partial charge in [0, 0.05) is 6.54 Å². The van der Waals surface area contributed by atoms with Crippen LogP contribution >= 0.6 is 0 Å². The summed E-state index contributed by atoms with van der Waals surface area (Å²) in [6.45, 7) is 3.62. The van der Waals surface area contributed by atoms with E-state index in [1.54, 1.807) is 0 Å². The number of nitrogens with one attached hydrogen (secondary N) is 1. The van der Waals surface area contributed by atoms with E-state index in [-0.39, 0.29) is 6.15 Å². The van der Waals surface area contributed by atoms with Crippen LogP contribution in [0.3, 0.4) is 0 Å². The van der Waals surface area contributed by atoms with E-state index in [9.17, 15) is 8.42 Å². The zero-order valence-corrected chi connectivity index (χ0v) is 5.36. The van der Waals surface area contributed by atoms with Crippen LogP contribution in [0.5, 0.6) is 0 Å². The predicted molar refractivity (Wildman–Crippen MR) is 33.5 cm³/mol. The Kier molecular flexibility index (Phi) is 8.73. The molecule has 0 aliphatic heterocycles. The van der Waals surface area contributed by atoms with Crippen LogP contribution in [0, 0.1) is 0 Å². The van der Waals surface area contributed by atoms with Crippen LogP contribution in [0.15, 0.2) is 12.7 Å². The molecule has 0 fully saturated rings. The minimum absolute atomic E-state index is 0. The van der Waals surface area contributed by atoms with Crippen LogP contribution < -0.4 is 10.9 Å². The second-order valence-electron chi connectivity index (χ2n) is 0.908. The highest BCUT2D eigenvalue weighted by Gasteiger charge is 1.73. The number of thiol groups is 1. The molecular weight excluding hydrogens is 128 g/mol. The lowest BCUT2D eigenvalue weighted by molar-refractivity contribution is 0.605. The second-order valence-corrected chi connectivity index (χ2v) is 1.74. The van der Waals surface area contributed by atoms with Crippen LogP contribution in [0.1, 0.15) is 0 Å². The maximum Gasteiger partial charge on any atom is 0.201 e. The van der Waals surface area contributed by atoms with Gasteiger partial charge in [-0.3, -0.25) is 0 Å². The normalized spacial score (nSPS) is 8.12. The van der Waals surface area contributed by atoms with E-state index in [1.165, 1.54) is 6.08 Å². The molecule has 0 heterocycles. The molecule has 0 spiro atoms. The van der Waals surface area contributed by atoms with Gasteiger partial charge in [-0.05, 0) is 0 Å². The lowest BCUT2D eigenvalue weighted by Crippen LogP contribution is -2.09. The summed E-state index contributed by atoms with van der Waals surface area (Å²) in [6, 6.07) is 0. The molecule has 0 bridgehead atoms. The second kappa shape index (κ2) is 6.61. The van der Waals surface area contributed by atoms with Crippen LogP contribution in [0.2, 0.25) is 0 Å². The summed E-state index contributed by atoms with van der Waals surface area (Å²) >= 11 is 0. The molecule has 4 N–H and O–H groups in total. The van der Waals surface area contributed by atoms with Crippen LogP contribution in [0.4, 0.5) is 0 Å². The number of hydrogen-bond acceptors (Lipinski definition) is 3. The monoisotopic (exact) mass is 138 g/mol. The topological polar surface area (TPSA) is 81.2 Å². The standard InChI is InChI=1S/C3H7NO2S.H3N/c1-2-3-4-7(5)6;/h2,7H,1,3H2,(H,4,5,6);1H3. The fourth-order valence-corrected chi connectivity index (χ4v) is 0.417. The summed E-state index contributed by atoms with van der Waals surface area (Å²) in [7, 11) is -2.43. The maximum atomic E-state index is 9.64. The van der Waals surface area contributed by atoms with E-state index in [4.69, 9.17) is 0 Å². The summed E-state index contributed by atoms with van der Waals surface area (Å²) < 4.78 is 21.4. The molecule has 50 valence electrons. The van der Waals surface area contributed by atoms with Crippen molar-refractivity contribution in [2.24, 2.45) is 0 Å². The van der Waals surface area contributed by atoms with Crippen molar-refractivity contribution in [3.05, 3.63) is 12.7 Å². The summed E-state index contributed by atoms with van der Waals surface area (Å²) in [5.41, 5.74) is 0. The van der Waals surface area contributed by atoms with Gasteiger partial charge in [0.05, 0.1) is 0 Å². The molecule has 0 aromatic heterocycles. The van der Waals surface area contributed by atoms with Crippen molar-refractivity contribution in [2.75, 3.05) is 6.54 Å². The average molecular weight is 138 g/mol. The van der Waals surface area contributed by atoms with Crippen LogP contribution in [0.25, 0.3) is 0 Å². The Hall–Kier alpha value is -0.390. The molecule has 0 aliphatic carbocycles. The molecule has 0 aliphatic rings. The number of hydrogen-bond donors (Lipinski definition) is 3. The summed E-state index contributed by atoms with van der Waals surface area (Å²) in [4.78, 5) is 0. The van der Waals surface area contributed by atoms with Crippen molar-refractivity contribution in [3.63, 3.8) is 0 Å². The predicted octanol–water partition coefficient (Wildman–Crippen LogP) is -0.550. The zero-order chi connectivity index (χ0) is 5.70. The fourth-order valence-electron chi connectivity index (χ4n) is 0.139. The molecule has 0 aromatic carbocycles. The van der Waals surface area contributed by atoms with Crippen molar-refractivity contribution in [3.8, 4) is 0 Å². The van der Waals surface area contributed by atoms with Gasteiger partial charge in [-0.15, -0.1) is 6.58 Å². The average Bonchev–Trinajstić information content (AvgIpc) is 1.61. The first kappa shape index (κ1) is 10.6. The molecule has 0 saturated heterocycles. The first-order valence-corrected chi connectivity index (χ1v) is 2.94. The number of rotatable bonds is 3. The first-order chi connectivity index (χ1) is 3.27. The summed E-state index contributed by atoms with van der Waals surface area (Å²) in [5.74, 6) is 0. The van der Waals surface area contributed by atoms with Gasteiger partial charge in [0.25, 0.3) is 0 Å². The molecular formula is C3H10N2O2S. The lowest BCUT2D eigenvalue weighted by atomic mass is 10.7. The first-order valence-electron chi connectivity index (χ1n) is 1.76. The SMILES string of the molecule is C=CCN[SH](=O)=O.N. The molecule has 0 rings (SSSR count). The molecule has 0 unspecified atom stereocenters. The third-order valence-electron chi connectivity index (χ3n) is 0.365. The molecule has 0 atom stereocenters. The van der Waals surface area contributed by atoms with Gasteiger partial charge < -0.3 is 6.15 Å². The largest absolute Gasteiger partial charge is 0.344 e. The minimum atomic E-state index is -2.43. The third-order valence-corrected chi connectivity index (χ3v) is 0.805. The van der Waals surface area contributed by atoms with Crippen molar-refractivity contribution < 1.29 is 8.42 Å². The van der Waals surface area contributed by atoms with E-state index in [2.05, 4.69) is 11.3 Å². The van der Waals surface area contributed by atoms with E-state index < -0.39 is 10.9 Å². The Morgan fingerprint density at radius 2 is 2.12 bits per heavy atom. The maximum absolute atomic E-state index is 9.64. The highest BCUT2D eigenvalue weighted by atomic mass is 32.2. The van der Waals surface area contributed by atoms with Gasteiger partial charge >= 0.3 is 0 Å². The van der Waals surface area contributed by atoms with E-state index >= 15 is 0 Å². The highest BCUT2D eigenvalue weighted by Crippen LogP contribution is 1.55. The molecule has 0 radical (unpaired) electrons. The zero-order valence-electron chi connectivity index (χ0n) is 4.46. The summed E-state index contributed by atoms with van der Waals surface area (Å²) in [5, 5.41) is 0. The minimum Gasteiger partial charge on any atom is -0.344 e. The Morgan fingerprint density at radius 3 is 2.25 bits per heavy atom. The lowest BCUT2D eigenvalue weighted by Gasteiger charge is -1.81. The van der Waals surface area contributed by atoms with Crippen molar-refractivity contribution in [1.82, 2.24) is 10.9 Å².